The van der Waals surface area contributed by atoms with Gasteiger partial charge in [-0.05, 0) is 0 Å². The minimum atomic E-state index is -3.69. The van der Waals surface area contributed by atoms with E-state index in [-0.39, 0.29) is 16.7 Å². The van der Waals surface area contributed by atoms with Gasteiger partial charge >= 0.3 is 0 Å². The Bertz CT molecular complexity index is 636. The number of rotatable bonds is 4. The fourth-order valence-corrected chi connectivity index (χ4v) is 3.41. The number of thiazole rings is 1. The Labute approximate surface area is 114 Å². The Kier molecular flexibility index (Phi) is 3.71. The molecule has 6 nitrogen and oxygen atoms in total. The summed E-state index contributed by atoms with van der Waals surface area (Å²) in [5.41, 5.74) is 2.35. The van der Waals surface area contributed by atoms with Crippen LogP contribution in [0.3, 0.4) is 0 Å². The van der Waals surface area contributed by atoms with Crippen LogP contribution in [0.15, 0.2) is 22.2 Å². The summed E-state index contributed by atoms with van der Waals surface area (Å²) in [6.45, 7) is 0.193. The molecular weight excluding hydrogens is 296 g/mol. The van der Waals surface area contributed by atoms with E-state index in [2.05, 4.69) is 9.97 Å². The van der Waals surface area contributed by atoms with Gasteiger partial charge in [-0.2, -0.15) is 4.31 Å². The lowest BCUT2D eigenvalue weighted by Gasteiger charge is -2.14. The highest BCUT2D eigenvalue weighted by atomic mass is 35.5. The molecule has 0 aliphatic heterocycles. The average molecular weight is 307 g/mol. The summed E-state index contributed by atoms with van der Waals surface area (Å²) in [5, 5.41) is 1.76. The van der Waals surface area contributed by atoms with Crippen molar-refractivity contribution in [3.63, 3.8) is 0 Å². The number of sulfonamides is 1. The lowest BCUT2D eigenvalue weighted by molar-refractivity contribution is 0.460. The zero-order chi connectivity index (χ0) is 13.3. The smallest absolute Gasteiger partial charge is 0.263 e. The fraction of sp³-hybridized carbons (Fsp3) is 0.333. The van der Waals surface area contributed by atoms with Gasteiger partial charge in [0, 0.05) is 19.5 Å². The van der Waals surface area contributed by atoms with E-state index >= 15 is 0 Å². The molecule has 0 saturated heterocycles. The molecule has 0 fully saturated rings. The molecule has 18 heavy (non-hydrogen) atoms. The lowest BCUT2D eigenvalue weighted by Crippen LogP contribution is -2.27. The molecule has 0 radical (unpaired) electrons. The molecule has 98 valence electrons. The van der Waals surface area contributed by atoms with Crippen molar-refractivity contribution in [2.24, 2.45) is 7.05 Å². The Hall–Kier alpha value is -0.960. The number of hydrogen-bond donors (Lipinski definition) is 0. The molecule has 2 aromatic heterocycles. The van der Waals surface area contributed by atoms with Crippen molar-refractivity contribution >= 4 is 33.0 Å². The van der Waals surface area contributed by atoms with Crippen molar-refractivity contribution in [2.75, 3.05) is 7.05 Å². The van der Waals surface area contributed by atoms with Crippen molar-refractivity contribution in [2.45, 2.75) is 11.6 Å². The van der Waals surface area contributed by atoms with Gasteiger partial charge in [0.05, 0.1) is 24.1 Å². The van der Waals surface area contributed by atoms with E-state index < -0.39 is 10.0 Å². The number of aromatic nitrogens is 3. The summed E-state index contributed by atoms with van der Waals surface area (Å²) < 4.78 is 27.1. The van der Waals surface area contributed by atoms with Gasteiger partial charge in [0.2, 0.25) is 5.03 Å². The zero-order valence-electron chi connectivity index (χ0n) is 9.74. The number of imidazole rings is 1. The molecule has 2 rings (SSSR count). The van der Waals surface area contributed by atoms with Crippen LogP contribution in [0.4, 0.5) is 0 Å². The molecule has 0 aromatic carbocycles. The van der Waals surface area contributed by atoms with Crippen molar-refractivity contribution in [1.29, 1.82) is 0 Å². The Morgan fingerprint density at radius 3 is 2.72 bits per heavy atom. The van der Waals surface area contributed by atoms with Crippen LogP contribution in [0.5, 0.6) is 0 Å². The summed E-state index contributed by atoms with van der Waals surface area (Å²) in [5.74, 6) is 0. The molecule has 9 heteroatoms. The second-order valence-electron chi connectivity index (χ2n) is 3.69. The first kappa shape index (κ1) is 13.5. The minimum absolute atomic E-state index is 0.0973. The topological polar surface area (TPSA) is 68.1 Å². The fourth-order valence-electron chi connectivity index (χ4n) is 1.34. The first-order chi connectivity index (χ1) is 8.43. The van der Waals surface area contributed by atoms with Crippen molar-refractivity contribution in [3.05, 3.63) is 28.1 Å². The summed E-state index contributed by atoms with van der Waals surface area (Å²) in [7, 11) is -0.585. The van der Waals surface area contributed by atoms with Crippen LogP contribution in [0.1, 0.15) is 5.69 Å². The Morgan fingerprint density at radius 2 is 2.22 bits per heavy atom. The predicted molar refractivity (Wildman–Crippen MR) is 69.0 cm³/mol. The number of nitrogens with zero attached hydrogens (tertiary/aromatic N) is 4. The van der Waals surface area contributed by atoms with E-state index in [1.165, 1.54) is 33.6 Å². The third-order valence-electron chi connectivity index (χ3n) is 2.36. The minimum Gasteiger partial charge on any atom is -0.324 e. The van der Waals surface area contributed by atoms with Crippen LogP contribution in [0.25, 0.3) is 0 Å². The maximum absolute atomic E-state index is 12.2. The first-order valence-electron chi connectivity index (χ1n) is 4.93. The largest absolute Gasteiger partial charge is 0.324 e. The van der Waals surface area contributed by atoms with Gasteiger partial charge in [0.25, 0.3) is 10.0 Å². The standard InChI is InChI=1S/C9H11ClN4O2S2/c1-13-5-11-9(8(13)10)18(15,16)14(2)3-7-4-17-6-12-7/h4-6H,3H2,1-2H3. The van der Waals surface area contributed by atoms with Crippen molar-refractivity contribution in [3.8, 4) is 0 Å². The van der Waals surface area contributed by atoms with E-state index in [9.17, 15) is 8.42 Å². The molecule has 0 aliphatic rings. The van der Waals surface area contributed by atoms with Crippen LogP contribution in [-0.2, 0) is 23.6 Å². The first-order valence-corrected chi connectivity index (χ1v) is 7.69. The average Bonchev–Trinajstić information content (AvgIpc) is 2.91. The highest BCUT2D eigenvalue weighted by Gasteiger charge is 2.27. The molecule has 0 bridgehead atoms. The van der Waals surface area contributed by atoms with Crippen LogP contribution in [0, 0.1) is 0 Å². The summed E-state index contributed by atoms with van der Waals surface area (Å²) in [6, 6.07) is 0. The number of hydrogen-bond acceptors (Lipinski definition) is 5. The molecule has 0 saturated carbocycles. The lowest BCUT2D eigenvalue weighted by atomic mass is 10.5. The molecule has 2 heterocycles. The molecule has 0 N–H and O–H groups in total. The maximum Gasteiger partial charge on any atom is 0.263 e. The second-order valence-corrected chi connectivity index (χ2v) is 6.73. The van der Waals surface area contributed by atoms with Gasteiger partial charge in [-0.3, -0.25) is 0 Å². The van der Waals surface area contributed by atoms with Gasteiger partial charge in [0.1, 0.15) is 5.15 Å². The quantitative estimate of drug-likeness (QED) is 0.855. The van der Waals surface area contributed by atoms with Crippen molar-refractivity contribution < 1.29 is 8.42 Å². The molecule has 0 atom stereocenters. The molecule has 0 aliphatic carbocycles. The normalized spacial score (nSPS) is 12.2. The van der Waals surface area contributed by atoms with E-state index in [4.69, 9.17) is 11.6 Å². The summed E-state index contributed by atoms with van der Waals surface area (Å²) in [4.78, 5) is 7.87. The highest BCUT2D eigenvalue weighted by Crippen LogP contribution is 2.22. The van der Waals surface area contributed by atoms with Gasteiger partial charge in [-0.15, -0.1) is 11.3 Å². The zero-order valence-corrected chi connectivity index (χ0v) is 12.1. The van der Waals surface area contributed by atoms with Crippen LogP contribution >= 0.6 is 22.9 Å². The summed E-state index contributed by atoms with van der Waals surface area (Å²) in [6.07, 6.45) is 1.37. The molecular formula is C9H11ClN4O2S2. The highest BCUT2D eigenvalue weighted by molar-refractivity contribution is 7.89. The Balaban J connectivity index is 2.28. The SMILES string of the molecule is CN(Cc1cscn1)S(=O)(=O)c1ncn(C)c1Cl. The second kappa shape index (κ2) is 4.96. The van der Waals surface area contributed by atoms with Crippen LogP contribution < -0.4 is 0 Å². The maximum atomic E-state index is 12.2. The van der Waals surface area contributed by atoms with Crippen molar-refractivity contribution in [1.82, 2.24) is 18.8 Å². The molecule has 0 unspecified atom stereocenters. The van der Waals surface area contributed by atoms with Gasteiger partial charge in [-0.1, -0.05) is 11.6 Å². The molecule has 0 spiro atoms. The molecule has 2 aromatic rings. The van der Waals surface area contributed by atoms with Gasteiger partial charge < -0.3 is 4.57 Å². The van der Waals surface area contributed by atoms with E-state index in [0.717, 1.165) is 0 Å². The third-order valence-corrected chi connectivity index (χ3v) is 5.29. The predicted octanol–water partition coefficient (Wildman–Crippen LogP) is 1.35. The molecule has 0 amide bonds. The number of aryl methyl sites for hydroxylation is 1. The van der Waals surface area contributed by atoms with E-state index in [1.807, 2.05) is 0 Å². The van der Waals surface area contributed by atoms with Gasteiger partial charge in [0.15, 0.2) is 0 Å². The van der Waals surface area contributed by atoms with Crippen LogP contribution in [0.2, 0.25) is 5.15 Å². The van der Waals surface area contributed by atoms with E-state index in [1.54, 1.807) is 17.9 Å². The third kappa shape index (κ3) is 2.41. The monoisotopic (exact) mass is 306 g/mol. The summed E-state index contributed by atoms with van der Waals surface area (Å²) >= 11 is 7.32. The van der Waals surface area contributed by atoms with Crippen LogP contribution in [-0.4, -0.2) is 34.3 Å². The van der Waals surface area contributed by atoms with E-state index in [0.29, 0.717) is 5.69 Å². The number of halogens is 1. The Morgan fingerprint density at radius 1 is 1.50 bits per heavy atom. The van der Waals surface area contributed by atoms with Gasteiger partial charge in [-0.25, -0.2) is 18.4 Å².